The lowest BCUT2D eigenvalue weighted by Gasteiger charge is -2.12. The highest BCUT2D eigenvalue weighted by molar-refractivity contribution is 7.99. The maximum Gasteiger partial charge on any atom is 0.345 e. The van der Waals surface area contributed by atoms with Crippen molar-refractivity contribution in [1.29, 1.82) is 0 Å². The van der Waals surface area contributed by atoms with E-state index >= 15 is 0 Å². The van der Waals surface area contributed by atoms with Gasteiger partial charge in [0.15, 0.2) is 0 Å². The smallest absolute Gasteiger partial charge is 0.345 e. The molecule has 100 valence electrons. The fourth-order valence-electron chi connectivity index (χ4n) is 1.35. The number of hydrogen-bond acceptors (Lipinski definition) is 4. The molecule has 1 rings (SSSR count). The van der Waals surface area contributed by atoms with Crippen LogP contribution in [0, 0.1) is 0 Å². The largest absolute Gasteiger partial charge is 0.477 e. The second-order valence-corrected chi connectivity index (χ2v) is 6.31. The lowest BCUT2D eigenvalue weighted by atomic mass is 10.2. The molecular weight excluding hydrogens is 270 g/mol. The Morgan fingerprint density at radius 3 is 2.67 bits per heavy atom. The number of thioether (sulfide) groups is 1. The summed E-state index contributed by atoms with van der Waals surface area (Å²) in [6.45, 7) is 4.06. The molecule has 0 aliphatic heterocycles. The Morgan fingerprint density at radius 1 is 1.44 bits per heavy atom. The van der Waals surface area contributed by atoms with Gasteiger partial charge in [0.2, 0.25) is 0 Å². The molecule has 1 amide bonds. The van der Waals surface area contributed by atoms with E-state index in [9.17, 15) is 9.59 Å². The molecule has 2 N–H and O–H groups in total. The minimum atomic E-state index is -0.994. The number of carbonyl (C=O) groups is 2. The minimum Gasteiger partial charge on any atom is -0.477 e. The second kappa shape index (κ2) is 7.43. The van der Waals surface area contributed by atoms with Crippen LogP contribution in [-0.4, -0.2) is 34.5 Å². The molecule has 1 heterocycles. The summed E-state index contributed by atoms with van der Waals surface area (Å²) in [5.41, 5.74) is 0. The molecule has 4 nitrogen and oxygen atoms in total. The van der Waals surface area contributed by atoms with Crippen molar-refractivity contribution in [2.45, 2.75) is 26.3 Å². The van der Waals surface area contributed by atoms with E-state index in [1.807, 2.05) is 18.7 Å². The standard InChI is InChI=1S/C12H17NO3S2/c1-3-17-7-6-8(2)13-11(14)9-4-5-10(18-9)12(15)16/h4-5,8H,3,6-7H2,1-2H3,(H,13,14)(H,15,16). The molecule has 0 fully saturated rings. The van der Waals surface area contributed by atoms with Crippen molar-refractivity contribution < 1.29 is 14.7 Å². The van der Waals surface area contributed by atoms with Crippen molar-refractivity contribution >= 4 is 35.0 Å². The Hall–Kier alpha value is -1.01. The maximum atomic E-state index is 11.8. The van der Waals surface area contributed by atoms with Crippen molar-refractivity contribution in [3.05, 3.63) is 21.9 Å². The number of thiophene rings is 1. The van der Waals surface area contributed by atoms with Gasteiger partial charge in [0.1, 0.15) is 4.88 Å². The summed E-state index contributed by atoms with van der Waals surface area (Å²) in [5.74, 6) is 0.906. The van der Waals surface area contributed by atoms with Gasteiger partial charge in [-0.05, 0) is 37.0 Å². The summed E-state index contributed by atoms with van der Waals surface area (Å²) in [6, 6.07) is 3.11. The van der Waals surface area contributed by atoms with E-state index < -0.39 is 5.97 Å². The lowest BCUT2D eigenvalue weighted by molar-refractivity contribution is 0.0702. The third-order valence-corrected chi connectivity index (χ3v) is 4.32. The molecule has 1 unspecified atom stereocenters. The van der Waals surface area contributed by atoms with Crippen LogP contribution in [0.3, 0.4) is 0 Å². The predicted octanol–water partition coefficient (Wildman–Crippen LogP) is 2.71. The van der Waals surface area contributed by atoms with Crippen LogP contribution < -0.4 is 5.32 Å². The molecule has 1 atom stereocenters. The van der Waals surface area contributed by atoms with Crippen molar-refractivity contribution in [1.82, 2.24) is 5.32 Å². The summed E-state index contributed by atoms with van der Waals surface area (Å²) in [4.78, 5) is 23.2. The third-order valence-electron chi connectivity index (χ3n) is 2.32. The van der Waals surface area contributed by atoms with Crippen LogP contribution in [0.1, 0.15) is 39.6 Å². The zero-order valence-corrected chi connectivity index (χ0v) is 12.1. The summed E-state index contributed by atoms with van der Waals surface area (Å²) in [6.07, 6.45) is 0.918. The first kappa shape index (κ1) is 15.0. The molecule has 0 aliphatic rings. The topological polar surface area (TPSA) is 66.4 Å². The van der Waals surface area contributed by atoms with E-state index in [0.717, 1.165) is 29.3 Å². The predicted molar refractivity (Wildman–Crippen MR) is 75.8 cm³/mol. The van der Waals surface area contributed by atoms with Crippen LogP contribution in [0.25, 0.3) is 0 Å². The Kier molecular flexibility index (Phi) is 6.21. The number of carboxylic acid groups (broad SMARTS) is 1. The van der Waals surface area contributed by atoms with Gasteiger partial charge in [-0.3, -0.25) is 4.79 Å². The van der Waals surface area contributed by atoms with Gasteiger partial charge in [0.25, 0.3) is 5.91 Å². The molecular formula is C12H17NO3S2. The van der Waals surface area contributed by atoms with Crippen LogP contribution in [0.5, 0.6) is 0 Å². The van der Waals surface area contributed by atoms with Crippen LogP contribution in [-0.2, 0) is 0 Å². The Balaban J connectivity index is 2.46. The molecule has 1 aromatic rings. The monoisotopic (exact) mass is 287 g/mol. The number of amides is 1. The molecule has 0 aliphatic carbocycles. The van der Waals surface area contributed by atoms with Gasteiger partial charge in [-0.15, -0.1) is 11.3 Å². The first-order valence-corrected chi connectivity index (χ1v) is 7.73. The normalized spacial score (nSPS) is 12.1. The van der Waals surface area contributed by atoms with E-state index in [-0.39, 0.29) is 16.8 Å². The number of hydrogen-bond donors (Lipinski definition) is 2. The molecule has 0 saturated heterocycles. The first-order chi connectivity index (χ1) is 8.54. The molecule has 6 heteroatoms. The number of nitrogens with one attached hydrogen (secondary N) is 1. The van der Waals surface area contributed by atoms with Gasteiger partial charge in [0.05, 0.1) is 4.88 Å². The average Bonchev–Trinajstić information content (AvgIpc) is 2.78. The van der Waals surface area contributed by atoms with Gasteiger partial charge in [-0.2, -0.15) is 11.8 Å². The highest BCUT2D eigenvalue weighted by atomic mass is 32.2. The summed E-state index contributed by atoms with van der Waals surface area (Å²) in [5, 5.41) is 11.7. The SMILES string of the molecule is CCSCCC(C)NC(=O)c1ccc(C(=O)O)s1. The van der Waals surface area contributed by atoms with Gasteiger partial charge in [0, 0.05) is 6.04 Å². The maximum absolute atomic E-state index is 11.8. The summed E-state index contributed by atoms with van der Waals surface area (Å²) >= 11 is 2.84. The lowest BCUT2D eigenvalue weighted by Crippen LogP contribution is -2.32. The highest BCUT2D eigenvalue weighted by Gasteiger charge is 2.14. The van der Waals surface area contributed by atoms with E-state index in [2.05, 4.69) is 12.2 Å². The number of carbonyl (C=O) groups excluding carboxylic acids is 1. The minimum absolute atomic E-state index is 0.104. The number of carboxylic acids is 1. The average molecular weight is 287 g/mol. The van der Waals surface area contributed by atoms with Crippen molar-refractivity contribution in [2.24, 2.45) is 0 Å². The molecule has 0 aromatic carbocycles. The third kappa shape index (κ3) is 4.70. The second-order valence-electron chi connectivity index (χ2n) is 3.83. The van der Waals surface area contributed by atoms with E-state index in [0.29, 0.717) is 4.88 Å². The van der Waals surface area contributed by atoms with Crippen molar-refractivity contribution in [2.75, 3.05) is 11.5 Å². The molecule has 1 aromatic heterocycles. The van der Waals surface area contributed by atoms with Crippen LogP contribution in [0.2, 0.25) is 0 Å². The van der Waals surface area contributed by atoms with Crippen LogP contribution >= 0.6 is 23.1 Å². The quantitative estimate of drug-likeness (QED) is 0.757. The first-order valence-electron chi connectivity index (χ1n) is 5.76. The molecule has 18 heavy (non-hydrogen) atoms. The zero-order valence-electron chi connectivity index (χ0n) is 10.4. The number of rotatable bonds is 7. The Bertz CT molecular complexity index is 417. The van der Waals surface area contributed by atoms with Crippen LogP contribution in [0.4, 0.5) is 0 Å². The molecule has 0 saturated carbocycles. The molecule has 0 spiro atoms. The fraction of sp³-hybridized carbons (Fsp3) is 0.500. The summed E-state index contributed by atoms with van der Waals surface area (Å²) in [7, 11) is 0. The Labute approximate surface area is 115 Å². The highest BCUT2D eigenvalue weighted by Crippen LogP contribution is 2.16. The number of aromatic carboxylic acids is 1. The van der Waals surface area contributed by atoms with Crippen LogP contribution in [0.15, 0.2) is 12.1 Å². The van der Waals surface area contributed by atoms with Gasteiger partial charge < -0.3 is 10.4 Å². The Morgan fingerprint density at radius 2 is 2.11 bits per heavy atom. The van der Waals surface area contributed by atoms with Gasteiger partial charge in [-0.25, -0.2) is 4.79 Å². The van der Waals surface area contributed by atoms with E-state index in [1.165, 1.54) is 6.07 Å². The van der Waals surface area contributed by atoms with E-state index in [1.54, 1.807) is 6.07 Å². The van der Waals surface area contributed by atoms with Gasteiger partial charge in [-0.1, -0.05) is 6.92 Å². The molecule has 0 bridgehead atoms. The summed E-state index contributed by atoms with van der Waals surface area (Å²) < 4.78 is 0. The van der Waals surface area contributed by atoms with Crippen molar-refractivity contribution in [3.8, 4) is 0 Å². The molecule has 0 radical (unpaired) electrons. The van der Waals surface area contributed by atoms with Gasteiger partial charge >= 0.3 is 5.97 Å². The zero-order chi connectivity index (χ0) is 13.5. The fourth-order valence-corrected chi connectivity index (χ4v) is 2.90. The van der Waals surface area contributed by atoms with E-state index in [4.69, 9.17) is 5.11 Å². The van der Waals surface area contributed by atoms with Crippen molar-refractivity contribution in [3.63, 3.8) is 0 Å².